The van der Waals surface area contributed by atoms with Crippen LogP contribution in [-0.4, -0.2) is 12.1 Å². The van der Waals surface area contributed by atoms with Crippen molar-refractivity contribution in [3.05, 3.63) is 64.7 Å². The van der Waals surface area contributed by atoms with E-state index >= 15 is 0 Å². The van der Waals surface area contributed by atoms with E-state index in [2.05, 4.69) is 52.1 Å². The average molecular weight is 344 g/mol. The number of ether oxygens (including phenoxy) is 1. The Morgan fingerprint density at radius 1 is 1.19 bits per heavy atom. The minimum Gasteiger partial charge on any atom is -0.488 e. The van der Waals surface area contributed by atoms with E-state index in [9.17, 15) is 4.79 Å². The van der Waals surface area contributed by atoms with Gasteiger partial charge < -0.3 is 4.74 Å². The third kappa shape index (κ3) is 2.90. The summed E-state index contributed by atoms with van der Waals surface area (Å²) < 4.78 is 5.83. The zero-order valence-electron chi connectivity index (χ0n) is 11.5. The molecule has 21 heavy (non-hydrogen) atoms. The molecular weight excluding hydrogens is 330 g/mol. The van der Waals surface area contributed by atoms with E-state index in [0.717, 1.165) is 11.1 Å². The fourth-order valence-corrected chi connectivity index (χ4v) is 2.53. The van der Waals surface area contributed by atoms with Crippen molar-refractivity contribution in [3.8, 4) is 5.75 Å². The summed E-state index contributed by atoms with van der Waals surface area (Å²) in [5.74, 6) is 0.492. The highest BCUT2D eigenvalue weighted by atomic mass is 79.9. The minimum atomic E-state index is -0.203. The van der Waals surface area contributed by atoms with Crippen molar-refractivity contribution in [2.45, 2.75) is 18.4 Å². The van der Waals surface area contributed by atoms with Crippen LogP contribution in [0.2, 0.25) is 0 Å². The number of carbonyl (C=O) groups is 1. The van der Waals surface area contributed by atoms with Crippen LogP contribution in [0.25, 0.3) is 0 Å². The van der Waals surface area contributed by atoms with E-state index in [1.165, 1.54) is 5.56 Å². The third-order valence-corrected chi connectivity index (χ3v) is 3.97. The number of hydrogen-bond donors (Lipinski definition) is 0. The Kier molecular flexibility index (Phi) is 3.88. The largest absolute Gasteiger partial charge is 0.488 e. The Labute approximate surface area is 131 Å². The molecule has 0 saturated heterocycles. The fourth-order valence-electron chi connectivity index (χ4n) is 2.22. The highest BCUT2D eigenvalue weighted by Crippen LogP contribution is 2.26. The summed E-state index contributed by atoms with van der Waals surface area (Å²) in [5.41, 5.74) is 3.70. The topological polar surface area (TPSA) is 38.7 Å². The van der Waals surface area contributed by atoms with Crippen molar-refractivity contribution >= 4 is 28.1 Å². The summed E-state index contributed by atoms with van der Waals surface area (Å²) in [6.45, 7) is 2.56. The lowest BCUT2D eigenvalue weighted by atomic mass is 10.1. The van der Waals surface area contributed by atoms with Crippen LogP contribution in [0.4, 0.5) is 0 Å². The lowest BCUT2D eigenvalue weighted by molar-refractivity contribution is 0.101. The maximum absolute atomic E-state index is 11.5. The summed E-state index contributed by atoms with van der Waals surface area (Å²) in [5, 5.41) is 0. The summed E-state index contributed by atoms with van der Waals surface area (Å²) >= 11 is 3.54. The molecule has 0 N–H and O–H groups in total. The molecule has 1 unspecified atom stereocenters. The molecule has 2 aromatic rings. The number of amides is 1. The number of alkyl halides is 1. The summed E-state index contributed by atoms with van der Waals surface area (Å²) in [6.07, 6.45) is 1.57. The zero-order valence-corrected chi connectivity index (χ0v) is 13.1. The molecule has 0 saturated carbocycles. The van der Waals surface area contributed by atoms with Crippen LogP contribution < -0.4 is 4.74 Å². The first kappa shape index (κ1) is 14.0. The van der Waals surface area contributed by atoms with Crippen molar-refractivity contribution < 1.29 is 9.53 Å². The van der Waals surface area contributed by atoms with E-state index in [4.69, 9.17) is 4.74 Å². The highest BCUT2D eigenvalue weighted by Gasteiger charge is 2.18. The molecule has 0 fully saturated rings. The predicted molar refractivity (Wildman–Crippen MR) is 86.5 cm³/mol. The van der Waals surface area contributed by atoms with Gasteiger partial charge in [-0.15, -0.1) is 0 Å². The van der Waals surface area contributed by atoms with Crippen LogP contribution in [0, 0.1) is 0 Å². The molecule has 4 heteroatoms. The molecule has 106 valence electrons. The van der Waals surface area contributed by atoms with Gasteiger partial charge in [0.05, 0.1) is 5.56 Å². The van der Waals surface area contributed by atoms with Gasteiger partial charge in [-0.1, -0.05) is 46.3 Å². The van der Waals surface area contributed by atoms with Gasteiger partial charge in [-0.25, -0.2) is 4.99 Å². The number of rotatable bonds is 4. The molecule has 1 atom stereocenters. The van der Waals surface area contributed by atoms with Gasteiger partial charge in [-0.05, 0) is 30.2 Å². The lowest BCUT2D eigenvalue weighted by Crippen LogP contribution is -2.00. The Balaban J connectivity index is 1.74. The maximum atomic E-state index is 11.5. The molecule has 0 spiro atoms. The standard InChI is InChI=1S/C17H14BrNO2/c1-11(18)13-7-5-12(6-8-13)10-21-16-4-2-3-14-15(16)9-19-17(14)20/h2-9,11H,10H2,1H3. The molecule has 1 aliphatic rings. The quantitative estimate of drug-likeness (QED) is 0.776. The molecule has 3 nitrogen and oxygen atoms in total. The second-order valence-corrected chi connectivity index (χ2v) is 6.30. The molecule has 1 amide bonds. The van der Waals surface area contributed by atoms with Gasteiger partial charge in [0.15, 0.2) is 0 Å². The van der Waals surface area contributed by atoms with Crippen molar-refractivity contribution in [2.75, 3.05) is 0 Å². The van der Waals surface area contributed by atoms with E-state index in [1.54, 1.807) is 12.3 Å². The molecule has 2 aromatic carbocycles. The lowest BCUT2D eigenvalue weighted by Gasteiger charge is -2.10. The first-order valence-corrected chi connectivity index (χ1v) is 7.64. The number of aliphatic imine (C=N–C) groups is 1. The molecule has 0 radical (unpaired) electrons. The molecule has 0 aromatic heterocycles. The van der Waals surface area contributed by atoms with Crippen LogP contribution in [-0.2, 0) is 6.61 Å². The van der Waals surface area contributed by atoms with Gasteiger partial charge in [-0.3, -0.25) is 4.79 Å². The summed E-state index contributed by atoms with van der Waals surface area (Å²) in [7, 11) is 0. The van der Waals surface area contributed by atoms with E-state index in [0.29, 0.717) is 22.7 Å². The second-order valence-electron chi connectivity index (χ2n) is 4.93. The Morgan fingerprint density at radius 3 is 2.67 bits per heavy atom. The average Bonchev–Trinajstić information content (AvgIpc) is 2.88. The fraction of sp³-hybridized carbons (Fsp3) is 0.176. The van der Waals surface area contributed by atoms with Crippen LogP contribution >= 0.6 is 15.9 Å². The Hall–Kier alpha value is -1.94. The predicted octanol–water partition coefficient (Wildman–Crippen LogP) is 4.29. The third-order valence-electron chi connectivity index (χ3n) is 3.44. The van der Waals surface area contributed by atoms with E-state index in [1.807, 2.05) is 12.1 Å². The SMILES string of the molecule is CC(Br)c1ccc(COc2cccc3c2C=NC3=O)cc1. The van der Waals surface area contributed by atoms with Crippen LogP contribution in [0.3, 0.4) is 0 Å². The minimum absolute atomic E-state index is 0.203. The summed E-state index contributed by atoms with van der Waals surface area (Å²) in [6, 6.07) is 13.7. The van der Waals surface area contributed by atoms with Crippen molar-refractivity contribution in [3.63, 3.8) is 0 Å². The molecule has 1 aliphatic heterocycles. The number of hydrogen-bond acceptors (Lipinski definition) is 2. The van der Waals surface area contributed by atoms with Gasteiger partial charge in [0.1, 0.15) is 12.4 Å². The number of halogens is 1. The van der Waals surface area contributed by atoms with E-state index < -0.39 is 0 Å². The van der Waals surface area contributed by atoms with Crippen LogP contribution in [0.5, 0.6) is 5.75 Å². The van der Waals surface area contributed by atoms with Crippen molar-refractivity contribution in [1.82, 2.24) is 0 Å². The van der Waals surface area contributed by atoms with E-state index in [-0.39, 0.29) is 5.91 Å². The van der Waals surface area contributed by atoms with Gasteiger partial charge in [0.25, 0.3) is 5.91 Å². The molecular formula is C17H14BrNO2. The van der Waals surface area contributed by atoms with Crippen LogP contribution in [0.1, 0.15) is 38.8 Å². The molecule has 0 aliphatic carbocycles. The van der Waals surface area contributed by atoms with Crippen molar-refractivity contribution in [1.29, 1.82) is 0 Å². The second kappa shape index (κ2) is 5.82. The Morgan fingerprint density at radius 2 is 1.95 bits per heavy atom. The summed E-state index contributed by atoms with van der Waals surface area (Å²) in [4.78, 5) is 15.7. The first-order chi connectivity index (χ1) is 10.1. The van der Waals surface area contributed by atoms with Gasteiger partial charge in [0, 0.05) is 16.6 Å². The number of benzene rings is 2. The molecule has 1 heterocycles. The monoisotopic (exact) mass is 343 g/mol. The Bertz CT molecular complexity index is 705. The first-order valence-electron chi connectivity index (χ1n) is 6.72. The number of carbonyl (C=O) groups excluding carboxylic acids is 1. The smallest absolute Gasteiger partial charge is 0.277 e. The van der Waals surface area contributed by atoms with Crippen LogP contribution in [0.15, 0.2) is 47.5 Å². The maximum Gasteiger partial charge on any atom is 0.277 e. The number of fused-ring (bicyclic) bond motifs is 1. The van der Waals surface area contributed by atoms with Gasteiger partial charge in [0.2, 0.25) is 0 Å². The normalized spacial score (nSPS) is 14.1. The molecule has 3 rings (SSSR count). The molecule has 0 bridgehead atoms. The zero-order chi connectivity index (χ0) is 14.8. The van der Waals surface area contributed by atoms with Crippen molar-refractivity contribution in [2.24, 2.45) is 4.99 Å². The van der Waals surface area contributed by atoms with Gasteiger partial charge in [-0.2, -0.15) is 0 Å². The van der Waals surface area contributed by atoms with Gasteiger partial charge >= 0.3 is 0 Å². The highest BCUT2D eigenvalue weighted by molar-refractivity contribution is 9.09. The number of nitrogens with zero attached hydrogens (tertiary/aromatic N) is 1.